The van der Waals surface area contributed by atoms with Gasteiger partial charge in [-0.15, -0.1) is 11.3 Å². The van der Waals surface area contributed by atoms with Crippen LogP contribution in [0.4, 0.5) is 0 Å². The summed E-state index contributed by atoms with van der Waals surface area (Å²) in [5.74, 6) is 0. The fourth-order valence-electron chi connectivity index (χ4n) is 1.90. The van der Waals surface area contributed by atoms with Gasteiger partial charge in [-0.1, -0.05) is 6.07 Å². The Kier molecular flexibility index (Phi) is 2.23. The van der Waals surface area contributed by atoms with Crippen molar-refractivity contribution >= 4 is 21.6 Å². The topological polar surface area (TPSA) is 38.5 Å². The van der Waals surface area contributed by atoms with Crippen LogP contribution in [0.1, 0.15) is 11.1 Å². The molecular weight excluding hydrogens is 228 g/mol. The number of hydrogen-bond donors (Lipinski definition) is 1. The molecule has 3 rings (SSSR count). The molecule has 1 heterocycles. The number of nitrogens with zero attached hydrogens (tertiary/aromatic N) is 1. The molecule has 0 bridgehead atoms. The first-order valence-electron chi connectivity index (χ1n) is 5.54. The Labute approximate surface area is 103 Å². The fourth-order valence-corrected chi connectivity index (χ4v) is 3.00. The Hall–Kier alpha value is -1.74. The van der Waals surface area contributed by atoms with Crippen molar-refractivity contribution in [2.45, 2.75) is 13.8 Å². The number of rotatable bonds is 0. The predicted octanol–water partition coefficient (Wildman–Crippen LogP) is 1.68. The minimum atomic E-state index is 0.836. The average Bonchev–Trinajstić information content (AvgIpc) is 2.28. The van der Waals surface area contributed by atoms with Gasteiger partial charge in [-0.2, -0.15) is 0 Å². The van der Waals surface area contributed by atoms with Crippen LogP contribution < -0.4 is 10.8 Å². The van der Waals surface area contributed by atoms with Gasteiger partial charge in [0.25, 0.3) is 0 Å². The van der Waals surface area contributed by atoms with E-state index in [0.717, 1.165) is 27.0 Å². The Morgan fingerprint density at radius 3 is 2.76 bits per heavy atom. The van der Waals surface area contributed by atoms with Crippen LogP contribution in [0.2, 0.25) is 0 Å². The smallest absolute Gasteiger partial charge is 0.201 e. The summed E-state index contributed by atoms with van der Waals surface area (Å²) in [5, 5.41) is 6.77. The highest BCUT2D eigenvalue weighted by Crippen LogP contribution is 2.30. The van der Waals surface area contributed by atoms with Crippen LogP contribution >= 0.6 is 11.3 Å². The minimum Gasteiger partial charge on any atom is -0.254 e. The molecule has 0 aromatic heterocycles. The molecule has 2 N–H and O–H groups in total. The van der Waals surface area contributed by atoms with Gasteiger partial charge in [0.1, 0.15) is 0 Å². The first-order valence-corrected chi connectivity index (χ1v) is 6.35. The van der Waals surface area contributed by atoms with Gasteiger partial charge in [0.15, 0.2) is 0 Å². The molecule has 0 amide bonds. The lowest BCUT2D eigenvalue weighted by Gasteiger charge is -2.06. The minimum absolute atomic E-state index is 0.836. The van der Waals surface area contributed by atoms with Gasteiger partial charge in [0.2, 0.25) is 5.36 Å². The van der Waals surface area contributed by atoms with Crippen LogP contribution in [0.25, 0.3) is 20.8 Å². The van der Waals surface area contributed by atoms with Crippen LogP contribution in [0.5, 0.6) is 0 Å². The quantitative estimate of drug-likeness (QED) is 0.597. The highest BCUT2D eigenvalue weighted by atomic mass is 32.1. The highest BCUT2D eigenvalue weighted by molar-refractivity contribution is 7.21. The molecule has 0 radical (unpaired) electrons. The molecule has 0 unspecified atom stereocenters. The summed E-state index contributed by atoms with van der Waals surface area (Å²) in [6.07, 6.45) is 0. The van der Waals surface area contributed by atoms with Gasteiger partial charge >= 0.3 is 0 Å². The Balaban J connectivity index is 2.45. The van der Waals surface area contributed by atoms with Gasteiger partial charge in [-0.3, -0.25) is 5.41 Å². The van der Waals surface area contributed by atoms with Crippen molar-refractivity contribution in [3.05, 3.63) is 46.8 Å². The summed E-state index contributed by atoms with van der Waals surface area (Å²) in [7, 11) is 0. The summed E-state index contributed by atoms with van der Waals surface area (Å²) in [4.78, 5) is 5.82. The molecule has 1 aromatic rings. The molecule has 0 saturated heterocycles. The van der Waals surface area contributed by atoms with Gasteiger partial charge in [0.05, 0.1) is 20.8 Å². The second kappa shape index (κ2) is 3.64. The second-order valence-corrected chi connectivity index (χ2v) is 5.45. The molecular formula is C14H13N2S+. The first-order chi connectivity index (χ1) is 8.13. The lowest BCUT2D eigenvalue weighted by atomic mass is 10.1. The van der Waals surface area contributed by atoms with E-state index in [0.29, 0.717) is 0 Å². The van der Waals surface area contributed by atoms with Crippen molar-refractivity contribution in [2.75, 3.05) is 0 Å². The van der Waals surface area contributed by atoms with E-state index in [1.54, 1.807) is 11.3 Å². The fraction of sp³-hybridized carbons (Fsp3) is 0.143. The van der Waals surface area contributed by atoms with E-state index in [9.17, 15) is 0 Å². The van der Waals surface area contributed by atoms with E-state index in [1.165, 1.54) is 10.3 Å². The molecule has 0 fully saturated rings. The van der Waals surface area contributed by atoms with Gasteiger partial charge < -0.3 is 0 Å². The normalized spacial score (nSPS) is 11.2. The van der Waals surface area contributed by atoms with E-state index in [-0.39, 0.29) is 0 Å². The third-order valence-corrected chi connectivity index (χ3v) is 4.02. The van der Waals surface area contributed by atoms with Crippen molar-refractivity contribution in [2.24, 2.45) is 0 Å². The standard InChI is InChI=1S/C14H12N2S/c1-8-3-4-11-13(5-8)17-14-7-10(15)9(2)6-12(14)16-11/h3-7,15H,1-2H3/p+1. The number of hydrogen-bond acceptors (Lipinski definition) is 2. The molecule has 1 aliphatic heterocycles. The van der Waals surface area contributed by atoms with E-state index < -0.39 is 0 Å². The molecule has 0 saturated carbocycles. The summed E-state index contributed by atoms with van der Waals surface area (Å²) >= 11 is 1.75. The molecule has 1 aliphatic carbocycles. The van der Waals surface area contributed by atoms with Gasteiger partial charge in [0, 0.05) is 11.6 Å². The van der Waals surface area contributed by atoms with E-state index >= 15 is 0 Å². The molecule has 0 atom stereocenters. The van der Waals surface area contributed by atoms with Crippen molar-refractivity contribution in [3.63, 3.8) is 0 Å². The molecule has 84 valence electrons. The SMILES string of the molecule is Cc1ccc2nc3cc(C)c(=[NH2+])cc-3sc2c1. The number of fused-ring (bicyclic) bond motifs is 2. The van der Waals surface area contributed by atoms with Gasteiger partial charge in [-0.05, 0) is 37.6 Å². The lowest BCUT2D eigenvalue weighted by Crippen LogP contribution is -2.46. The van der Waals surface area contributed by atoms with Crippen molar-refractivity contribution in [1.82, 2.24) is 4.98 Å². The zero-order valence-corrected chi connectivity index (χ0v) is 10.6. The predicted molar refractivity (Wildman–Crippen MR) is 70.8 cm³/mol. The third-order valence-electron chi connectivity index (χ3n) is 2.92. The molecule has 2 aliphatic rings. The lowest BCUT2D eigenvalue weighted by molar-refractivity contribution is -0.173. The van der Waals surface area contributed by atoms with Gasteiger partial charge in [-0.25, -0.2) is 4.98 Å². The number of aromatic nitrogens is 1. The van der Waals surface area contributed by atoms with E-state index in [1.807, 2.05) is 13.0 Å². The van der Waals surface area contributed by atoms with E-state index in [2.05, 4.69) is 36.2 Å². The molecule has 0 spiro atoms. The zero-order valence-electron chi connectivity index (χ0n) is 9.82. The van der Waals surface area contributed by atoms with Crippen LogP contribution in [0, 0.1) is 13.8 Å². The summed E-state index contributed by atoms with van der Waals surface area (Å²) in [5.41, 5.74) is 4.42. The number of aryl methyl sites for hydroxylation is 2. The number of nitrogens with two attached hydrogens (primary N) is 1. The monoisotopic (exact) mass is 241 g/mol. The maximum absolute atomic E-state index is 5.94. The maximum atomic E-state index is 5.94. The maximum Gasteiger partial charge on any atom is 0.201 e. The molecule has 2 nitrogen and oxygen atoms in total. The number of benzene rings is 2. The summed E-state index contributed by atoms with van der Waals surface area (Å²) in [6, 6.07) is 10.4. The highest BCUT2D eigenvalue weighted by Gasteiger charge is 2.09. The van der Waals surface area contributed by atoms with Crippen molar-refractivity contribution in [3.8, 4) is 10.6 Å². The van der Waals surface area contributed by atoms with E-state index in [4.69, 9.17) is 5.41 Å². The van der Waals surface area contributed by atoms with Crippen LogP contribution in [0.15, 0.2) is 30.3 Å². The summed E-state index contributed by atoms with van der Waals surface area (Å²) in [6.45, 7) is 4.11. The molecule has 1 aromatic carbocycles. The average molecular weight is 241 g/mol. The van der Waals surface area contributed by atoms with Crippen LogP contribution in [-0.4, -0.2) is 4.98 Å². The third kappa shape index (κ3) is 1.72. The largest absolute Gasteiger partial charge is 0.254 e. The Morgan fingerprint density at radius 1 is 1.12 bits per heavy atom. The Bertz CT molecular complexity index is 743. The Morgan fingerprint density at radius 2 is 1.94 bits per heavy atom. The first kappa shape index (κ1) is 10.4. The van der Waals surface area contributed by atoms with Crippen molar-refractivity contribution in [1.29, 1.82) is 0 Å². The summed E-state index contributed by atoms with van der Waals surface area (Å²) < 4.78 is 1.21. The second-order valence-electron chi connectivity index (χ2n) is 4.36. The zero-order chi connectivity index (χ0) is 12.0. The van der Waals surface area contributed by atoms with Crippen LogP contribution in [-0.2, 0) is 0 Å². The molecule has 17 heavy (non-hydrogen) atoms. The van der Waals surface area contributed by atoms with Crippen LogP contribution in [0.3, 0.4) is 0 Å². The molecule has 3 heteroatoms. The van der Waals surface area contributed by atoms with Crippen molar-refractivity contribution < 1.29 is 5.41 Å².